The molecule has 2 aromatic rings. The molecule has 27 heavy (non-hydrogen) atoms. The maximum Gasteiger partial charge on any atom is 0.237 e. The molecule has 3 rings (SSSR count). The van der Waals surface area contributed by atoms with E-state index in [-0.39, 0.29) is 11.2 Å². The molecule has 1 saturated heterocycles. The van der Waals surface area contributed by atoms with Gasteiger partial charge in [0, 0.05) is 31.0 Å². The molecule has 1 atom stereocenters. The first-order chi connectivity index (χ1) is 13.2. The summed E-state index contributed by atoms with van der Waals surface area (Å²) in [4.78, 5) is 14.7. The lowest BCUT2D eigenvalue weighted by Crippen LogP contribution is -2.36. The molecule has 0 saturated carbocycles. The largest absolute Gasteiger partial charge is 0.378 e. The third kappa shape index (κ3) is 5.69. The number of thioether (sulfide) groups is 1. The topological polar surface area (TPSA) is 79.4 Å². The molecule has 1 fully saturated rings. The SMILES string of the molecule is C=CCNc1nnc(S[C@@H](C)C(=O)Nc2ccc(N3CCOCC3)cc2)s1. The molecule has 1 amide bonds. The fourth-order valence-corrected chi connectivity index (χ4v) is 4.42. The van der Waals surface area contributed by atoms with Crippen LogP contribution in [0, 0.1) is 0 Å². The number of morpholine rings is 1. The Balaban J connectivity index is 1.51. The number of ether oxygens (including phenoxy) is 1. The number of nitrogens with one attached hydrogen (secondary N) is 2. The second kappa shape index (κ2) is 9.72. The number of aromatic nitrogens is 2. The van der Waals surface area contributed by atoms with Crippen LogP contribution < -0.4 is 15.5 Å². The predicted octanol–water partition coefficient (Wildman–Crippen LogP) is 3.09. The molecule has 1 aliphatic heterocycles. The number of hydrogen-bond acceptors (Lipinski definition) is 8. The van der Waals surface area contributed by atoms with Crippen LogP contribution >= 0.6 is 23.1 Å². The van der Waals surface area contributed by atoms with Gasteiger partial charge >= 0.3 is 0 Å². The van der Waals surface area contributed by atoms with Crippen LogP contribution in [0.5, 0.6) is 0 Å². The molecule has 2 N–H and O–H groups in total. The van der Waals surface area contributed by atoms with Crippen molar-refractivity contribution in [3.8, 4) is 0 Å². The number of anilines is 3. The number of amides is 1. The van der Waals surface area contributed by atoms with Crippen molar-refractivity contribution in [2.75, 3.05) is 48.4 Å². The molecule has 9 heteroatoms. The van der Waals surface area contributed by atoms with Gasteiger partial charge in [-0.2, -0.15) is 0 Å². The minimum Gasteiger partial charge on any atom is -0.378 e. The fraction of sp³-hybridized carbons (Fsp3) is 0.389. The normalized spacial score (nSPS) is 15.2. The van der Waals surface area contributed by atoms with Crippen molar-refractivity contribution in [3.63, 3.8) is 0 Å². The first-order valence-electron chi connectivity index (χ1n) is 8.74. The summed E-state index contributed by atoms with van der Waals surface area (Å²) in [6, 6.07) is 7.92. The monoisotopic (exact) mass is 405 g/mol. The Morgan fingerprint density at radius 3 is 2.81 bits per heavy atom. The Morgan fingerprint density at radius 1 is 1.37 bits per heavy atom. The zero-order valence-electron chi connectivity index (χ0n) is 15.2. The summed E-state index contributed by atoms with van der Waals surface area (Å²) in [5.74, 6) is -0.0603. The minimum absolute atomic E-state index is 0.0603. The molecule has 1 aliphatic rings. The van der Waals surface area contributed by atoms with E-state index in [1.165, 1.54) is 23.1 Å². The second-order valence-corrected chi connectivity index (χ2v) is 8.50. The number of hydrogen-bond donors (Lipinski definition) is 2. The van der Waals surface area contributed by atoms with Crippen LogP contribution in [0.15, 0.2) is 41.3 Å². The van der Waals surface area contributed by atoms with Crippen molar-refractivity contribution < 1.29 is 9.53 Å². The Hall–Kier alpha value is -2.10. The van der Waals surface area contributed by atoms with Crippen LogP contribution in [0.1, 0.15) is 6.92 Å². The first-order valence-corrected chi connectivity index (χ1v) is 10.4. The quantitative estimate of drug-likeness (QED) is 0.516. The van der Waals surface area contributed by atoms with E-state index in [0.717, 1.165) is 47.1 Å². The molecule has 1 aromatic heterocycles. The summed E-state index contributed by atoms with van der Waals surface area (Å²) in [7, 11) is 0. The molecular formula is C18H23N5O2S2. The highest BCUT2D eigenvalue weighted by molar-refractivity contribution is 8.02. The highest BCUT2D eigenvalue weighted by Gasteiger charge is 2.18. The third-order valence-corrected chi connectivity index (χ3v) is 6.03. The minimum atomic E-state index is -0.274. The first kappa shape index (κ1) is 19.7. The molecule has 0 radical (unpaired) electrons. The van der Waals surface area contributed by atoms with Gasteiger partial charge in [0.1, 0.15) is 0 Å². The number of carbonyl (C=O) groups excluding carboxylic acids is 1. The summed E-state index contributed by atoms with van der Waals surface area (Å²) in [5.41, 5.74) is 1.93. The van der Waals surface area contributed by atoms with E-state index >= 15 is 0 Å². The van der Waals surface area contributed by atoms with Crippen molar-refractivity contribution in [1.82, 2.24) is 10.2 Å². The molecule has 0 spiro atoms. The van der Waals surface area contributed by atoms with E-state index in [1.54, 1.807) is 6.08 Å². The standard InChI is InChI=1S/C18H23N5O2S2/c1-3-8-19-17-21-22-18(27-17)26-13(2)16(24)20-14-4-6-15(7-5-14)23-9-11-25-12-10-23/h3-7,13H,1,8-12H2,2H3,(H,19,21)(H,20,24)/t13-/m0/s1. The van der Waals surface area contributed by atoms with Gasteiger partial charge in [0.05, 0.1) is 18.5 Å². The van der Waals surface area contributed by atoms with E-state index < -0.39 is 0 Å². The zero-order chi connectivity index (χ0) is 19.1. The van der Waals surface area contributed by atoms with Gasteiger partial charge < -0.3 is 20.3 Å². The average molecular weight is 406 g/mol. The maximum absolute atomic E-state index is 12.5. The lowest BCUT2D eigenvalue weighted by atomic mass is 10.2. The molecule has 0 bridgehead atoms. The zero-order valence-corrected chi connectivity index (χ0v) is 16.8. The Bertz CT molecular complexity index is 759. The fourth-order valence-electron chi connectivity index (χ4n) is 2.51. The smallest absolute Gasteiger partial charge is 0.237 e. The molecule has 1 aromatic carbocycles. The van der Waals surface area contributed by atoms with E-state index in [4.69, 9.17) is 4.74 Å². The number of benzene rings is 1. The Morgan fingerprint density at radius 2 is 2.11 bits per heavy atom. The highest BCUT2D eigenvalue weighted by atomic mass is 32.2. The van der Waals surface area contributed by atoms with Crippen LogP contribution in [0.2, 0.25) is 0 Å². The third-order valence-electron chi connectivity index (χ3n) is 3.96. The molecule has 7 nitrogen and oxygen atoms in total. The summed E-state index contributed by atoms with van der Waals surface area (Å²) in [6.45, 7) is 9.44. The van der Waals surface area contributed by atoms with Crippen molar-refractivity contribution in [2.24, 2.45) is 0 Å². The van der Waals surface area contributed by atoms with Crippen LogP contribution in [0.25, 0.3) is 0 Å². The van der Waals surface area contributed by atoms with Gasteiger partial charge in [-0.1, -0.05) is 29.2 Å². The molecular weight excluding hydrogens is 382 g/mol. The van der Waals surface area contributed by atoms with Crippen LogP contribution in [0.3, 0.4) is 0 Å². The van der Waals surface area contributed by atoms with E-state index in [9.17, 15) is 4.79 Å². The van der Waals surface area contributed by atoms with E-state index in [0.29, 0.717) is 6.54 Å². The van der Waals surface area contributed by atoms with E-state index in [2.05, 4.69) is 32.3 Å². The number of rotatable bonds is 8. The lowest BCUT2D eigenvalue weighted by Gasteiger charge is -2.28. The second-order valence-electron chi connectivity index (χ2n) is 5.94. The molecule has 144 valence electrons. The van der Waals surface area contributed by atoms with Gasteiger partial charge in [-0.3, -0.25) is 4.79 Å². The summed E-state index contributed by atoms with van der Waals surface area (Å²) >= 11 is 2.82. The van der Waals surface area contributed by atoms with Gasteiger partial charge in [-0.15, -0.1) is 16.8 Å². The van der Waals surface area contributed by atoms with Gasteiger partial charge in [0.25, 0.3) is 0 Å². The van der Waals surface area contributed by atoms with Crippen molar-refractivity contribution in [3.05, 3.63) is 36.9 Å². The molecule has 0 aliphatic carbocycles. The average Bonchev–Trinajstić information content (AvgIpc) is 3.15. The van der Waals surface area contributed by atoms with Crippen molar-refractivity contribution >= 4 is 45.5 Å². The maximum atomic E-state index is 12.5. The Labute approximate surface area is 167 Å². The van der Waals surface area contributed by atoms with Gasteiger partial charge in [-0.25, -0.2) is 0 Å². The lowest BCUT2D eigenvalue weighted by molar-refractivity contribution is -0.115. The van der Waals surface area contributed by atoms with Crippen molar-refractivity contribution in [2.45, 2.75) is 16.5 Å². The summed E-state index contributed by atoms with van der Waals surface area (Å²) in [6.07, 6.45) is 1.76. The number of nitrogens with zero attached hydrogens (tertiary/aromatic N) is 3. The molecule has 2 heterocycles. The summed E-state index contributed by atoms with van der Waals surface area (Å²) < 4.78 is 6.13. The highest BCUT2D eigenvalue weighted by Crippen LogP contribution is 2.29. The van der Waals surface area contributed by atoms with Gasteiger partial charge in [0.2, 0.25) is 11.0 Å². The van der Waals surface area contributed by atoms with E-state index in [1.807, 2.05) is 31.2 Å². The number of carbonyl (C=O) groups is 1. The van der Waals surface area contributed by atoms with Crippen LogP contribution in [-0.2, 0) is 9.53 Å². The predicted molar refractivity (Wildman–Crippen MR) is 112 cm³/mol. The molecule has 0 unspecified atom stereocenters. The van der Waals surface area contributed by atoms with Crippen LogP contribution in [-0.4, -0.2) is 54.2 Å². The van der Waals surface area contributed by atoms with Crippen molar-refractivity contribution in [1.29, 1.82) is 0 Å². The van der Waals surface area contributed by atoms with Gasteiger partial charge in [0.15, 0.2) is 4.34 Å². The Kier molecular flexibility index (Phi) is 7.08. The van der Waals surface area contributed by atoms with Crippen LogP contribution in [0.4, 0.5) is 16.5 Å². The van der Waals surface area contributed by atoms with Gasteiger partial charge in [-0.05, 0) is 31.2 Å². The summed E-state index contributed by atoms with van der Waals surface area (Å²) in [5, 5.41) is 14.6.